The van der Waals surface area contributed by atoms with Crippen molar-refractivity contribution >= 4 is 28.1 Å². The van der Waals surface area contributed by atoms with Gasteiger partial charge >= 0.3 is 35.6 Å². The first kappa shape index (κ1) is 22.2. The van der Waals surface area contributed by atoms with Gasteiger partial charge in [0.2, 0.25) is 0 Å². The first-order valence-corrected chi connectivity index (χ1v) is 16.6. The van der Waals surface area contributed by atoms with Gasteiger partial charge in [-0.25, -0.2) is 0 Å². The average Bonchev–Trinajstić information content (AvgIpc) is 3.39. The molecule has 0 saturated heterocycles. The summed E-state index contributed by atoms with van der Waals surface area (Å²) in [6.07, 6.45) is 2.20. The van der Waals surface area contributed by atoms with E-state index in [-0.39, 0.29) is 0 Å². The first-order chi connectivity index (χ1) is 15.8. The summed E-state index contributed by atoms with van der Waals surface area (Å²) in [4.78, 5) is 0. The molecule has 0 amide bonds. The van der Waals surface area contributed by atoms with E-state index in [0.717, 1.165) is 22.4 Å². The smallest absolute Gasteiger partial charge is 0.0478 e. The largest absolute Gasteiger partial charge is 0.0619 e. The minimum atomic E-state index is -0.556. The van der Waals surface area contributed by atoms with E-state index in [1.165, 1.54) is 45.5 Å². The van der Waals surface area contributed by atoms with Crippen LogP contribution in [0.4, 0.5) is 0 Å². The summed E-state index contributed by atoms with van der Waals surface area (Å²) < 4.78 is 0. The maximum atomic E-state index is 4.89. The van der Waals surface area contributed by atoms with E-state index < -0.39 is 17.0 Å². The van der Waals surface area contributed by atoms with Crippen LogP contribution < -0.4 is 0 Å². The summed E-state index contributed by atoms with van der Waals surface area (Å²) in [5.74, 6) is 0. The van der Waals surface area contributed by atoms with E-state index >= 15 is 0 Å². The van der Waals surface area contributed by atoms with Gasteiger partial charge in [-0.1, -0.05) is 84.9 Å². The van der Waals surface area contributed by atoms with Crippen molar-refractivity contribution in [2.24, 2.45) is 0 Å². The second kappa shape index (κ2) is 10.1. The predicted molar refractivity (Wildman–Crippen MR) is 134 cm³/mol. The third kappa shape index (κ3) is 4.30. The summed E-state index contributed by atoms with van der Waals surface area (Å²) in [6, 6.07) is 34.0. The molecule has 0 fully saturated rings. The molecule has 2 radical (unpaired) electrons. The van der Waals surface area contributed by atoms with Crippen molar-refractivity contribution in [3.05, 3.63) is 118 Å². The third-order valence-electron chi connectivity index (χ3n) is 6.53. The predicted octanol–water partition coefficient (Wildman–Crippen LogP) is 7.61. The summed E-state index contributed by atoms with van der Waals surface area (Å²) >= 11 is -0.556. The fraction of sp³-hybridized carbons (Fsp3) is 0.143. The topological polar surface area (TPSA) is 0 Å². The quantitative estimate of drug-likeness (QED) is 0.217. The van der Waals surface area contributed by atoms with Gasteiger partial charge in [0.05, 0.1) is 0 Å². The molecule has 0 bridgehead atoms. The molecule has 0 nitrogen and oxygen atoms in total. The molecule has 2 aliphatic rings. The van der Waals surface area contributed by atoms with E-state index in [2.05, 4.69) is 84.9 Å². The van der Waals surface area contributed by atoms with Gasteiger partial charge in [-0.2, -0.15) is 0 Å². The Hall–Kier alpha value is -1.61. The van der Waals surface area contributed by atoms with Crippen molar-refractivity contribution in [1.29, 1.82) is 0 Å². The molecule has 0 unspecified atom stereocenters. The molecule has 6 rings (SSSR count). The van der Waals surface area contributed by atoms with E-state index in [1.54, 1.807) is 22.3 Å². The molecule has 4 aromatic carbocycles. The maximum Gasteiger partial charge on any atom is 0.0478 e. The fourth-order valence-corrected chi connectivity index (χ4v) is 6.44. The van der Waals surface area contributed by atoms with Crippen LogP contribution in [0.25, 0.3) is 22.3 Å². The zero-order valence-electron chi connectivity index (χ0n) is 17.7. The van der Waals surface area contributed by atoms with Crippen molar-refractivity contribution in [1.82, 2.24) is 0 Å². The van der Waals surface area contributed by atoms with Gasteiger partial charge in [0.1, 0.15) is 0 Å². The van der Waals surface area contributed by atoms with Crippen LogP contribution >= 0.6 is 18.6 Å². The molecule has 0 aromatic heterocycles. The Morgan fingerprint density at radius 1 is 0.562 bits per heavy atom. The molecule has 0 spiro atoms. The minimum absolute atomic E-state index is 0.556. The van der Waals surface area contributed by atoms with Gasteiger partial charge < -0.3 is 0 Å². The number of benzene rings is 4. The third-order valence-corrected chi connectivity index (χ3v) is 7.79. The Balaban J connectivity index is 0.000000684. The minimum Gasteiger partial charge on any atom is -0.0619 e. The molecule has 0 atom stereocenters. The van der Waals surface area contributed by atoms with E-state index in [0.29, 0.717) is 0 Å². The molecule has 0 N–H and O–H groups in total. The molecule has 0 saturated carbocycles. The van der Waals surface area contributed by atoms with E-state index in [1.807, 2.05) is 0 Å². The number of rotatable bonds is 4. The molecular formula is C28H22Cl2SiTi. The standard InChI is InChI=1S/C28H22Si.2ClH.Ti/c1-3-11-23-19(7-1)15-27-21(9-5-13-25(23)27)17-29-18-22-10-6-14-26-24-12-4-2-8-20(24)16-28(22)26;;;/h1-14H,15-18H2;2*1H;/q;;;+2/p-2. The van der Waals surface area contributed by atoms with Gasteiger partial charge in [-0.15, -0.1) is 0 Å². The second-order valence-electron chi connectivity index (χ2n) is 8.23. The van der Waals surface area contributed by atoms with Gasteiger partial charge in [0, 0.05) is 9.52 Å². The number of hydrogen-bond donors (Lipinski definition) is 0. The normalized spacial score (nSPS) is 12.2. The monoisotopic (exact) mass is 504 g/mol. The van der Waals surface area contributed by atoms with Crippen LogP contribution in [0.1, 0.15) is 33.4 Å². The van der Waals surface area contributed by atoms with Gasteiger partial charge in [-0.05, 0) is 80.6 Å². The Morgan fingerprint density at radius 2 is 0.969 bits per heavy atom. The summed E-state index contributed by atoms with van der Waals surface area (Å²) in [5.41, 5.74) is 15.0. The molecule has 0 aliphatic heterocycles. The SMILES string of the molecule is [Cl][Ti][Cl].c1ccc2c(c1)Cc1c(C[Si]Cc3cccc4c3Cc3ccccc3-4)cccc1-2. The molecule has 4 aromatic rings. The Bertz CT molecular complexity index is 1170. The van der Waals surface area contributed by atoms with E-state index in [9.17, 15) is 0 Å². The molecule has 2 aliphatic carbocycles. The van der Waals surface area contributed by atoms with Crippen LogP contribution in [0.3, 0.4) is 0 Å². The van der Waals surface area contributed by atoms with Gasteiger partial charge in [0.15, 0.2) is 0 Å². The number of fused-ring (bicyclic) bond motifs is 6. The Kier molecular flexibility index (Phi) is 7.02. The first-order valence-electron chi connectivity index (χ1n) is 10.8. The van der Waals surface area contributed by atoms with Crippen molar-refractivity contribution in [3.8, 4) is 22.3 Å². The van der Waals surface area contributed by atoms with Crippen molar-refractivity contribution in [2.75, 3.05) is 0 Å². The van der Waals surface area contributed by atoms with Crippen molar-refractivity contribution in [2.45, 2.75) is 24.9 Å². The summed E-state index contributed by atoms with van der Waals surface area (Å²) in [6.45, 7) is 0. The van der Waals surface area contributed by atoms with Crippen LogP contribution in [0.15, 0.2) is 84.9 Å². The van der Waals surface area contributed by atoms with Crippen LogP contribution in [-0.4, -0.2) is 9.52 Å². The zero-order valence-corrected chi connectivity index (χ0v) is 21.7. The van der Waals surface area contributed by atoms with Crippen molar-refractivity contribution < 1.29 is 17.0 Å². The molecule has 156 valence electrons. The van der Waals surface area contributed by atoms with E-state index in [4.69, 9.17) is 18.6 Å². The van der Waals surface area contributed by atoms with Gasteiger partial charge in [-0.3, -0.25) is 0 Å². The second-order valence-corrected chi connectivity index (χ2v) is 12.0. The van der Waals surface area contributed by atoms with Crippen LogP contribution in [0, 0.1) is 0 Å². The summed E-state index contributed by atoms with van der Waals surface area (Å²) in [5, 5.41) is 0. The molecule has 32 heavy (non-hydrogen) atoms. The molecule has 4 heteroatoms. The summed E-state index contributed by atoms with van der Waals surface area (Å²) in [7, 11) is 10.7. The Morgan fingerprint density at radius 3 is 1.44 bits per heavy atom. The maximum absolute atomic E-state index is 4.89. The number of hydrogen-bond acceptors (Lipinski definition) is 0. The molecule has 0 heterocycles. The van der Waals surface area contributed by atoms with Crippen molar-refractivity contribution in [3.63, 3.8) is 0 Å². The fourth-order valence-electron chi connectivity index (χ4n) is 5.11. The number of halogens is 2. The Labute approximate surface area is 209 Å². The molecular weight excluding hydrogens is 483 g/mol. The van der Waals surface area contributed by atoms with Crippen LogP contribution in [0.2, 0.25) is 0 Å². The van der Waals surface area contributed by atoms with Gasteiger partial charge in [0.25, 0.3) is 0 Å². The average molecular weight is 505 g/mol. The van der Waals surface area contributed by atoms with Crippen LogP contribution in [0.5, 0.6) is 0 Å². The van der Waals surface area contributed by atoms with Crippen LogP contribution in [-0.2, 0) is 42.0 Å². The zero-order chi connectivity index (χ0) is 21.9.